The highest BCUT2D eigenvalue weighted by atomic mass is 35.5. The van der Waals surface area contributed by atoms with E-state index in [0.717, 1.165) is 0 Å². The summed E-state index contributed by atoms with van der Waals surface area (Å²) in [5, 5.41) is 14.3. The fourth-order valence-electron chi connectivity index (χ4n) is 1.94. The SMILES string of the molecule is CCOC(=O)c1[nH]ccc1NCc1ccc(Cl)cc1[N+](=O)[O-]. The number of rotatable bonds is 6. The van der Waals surface area contributed by atoms with Crippen LogP contribution in [0.25, 0.3) is 0 Å². The van der Waals surface area contributed by atoms with Gasteiger partial charge in [-0.25, -0.2) is 4.79 Å². The summed E-state index contributed by atoms with van der Waals surface area (Å²) in [6.45, 7) is 2.16. The molecule has 22 heavy (non-hydrogen) atoms. The number of carbonyl (C=O) groups excluding carboxylic acids is 1. The maximum Gasteiger partial charge on any atom is 0.356 e. The number of aromatic amines is 1. The van der Waals surface area contributed by atoms with E-state index in [9.17, 15) is 14.9 Å². The monoisotopic (exact) mass is 323 g/mol. The maximum atomic E-state index is 11.7. The molecule has 0 aliphatic heterocycles. The van der Waals surface area contributed by atoms with Crippen molar-refractivity contribution in [2.45, 2.75) is 13.5 Å². The van der Waals surface area contributed by atoms with E-state index >= 15 is 0 Å². The molecule has 2 N–H and O–H groups in total. The molecule has 0 amide bonds. The predicted octanol–water partition coefficient (Wildman–Crippen LogP) is 3.37. The number of hydrogen-bond donors (Lipinski definition) is 2. The Balaban J connectivity index is 2.16. The largest absolute Gasteiger partial charge is 0.461 e. The van der Waals surface area contributed by atoms with Crippen LogP contribution in [0.4, 0.5) is 11.4 Å². The Labute approximate surface area is 131 Å². The number of H-pyrrole nitrogens is 1. The Hall–Kier alpha value is -2.54. The Morgan fingerprint density at radius 1 is 1.45 bits per heavy atom. The van der Waals surface area contributed by atoms with Crippen LogP contribution in [0.5, 0.6) is 0 Å². The van der Waals surface area contributed by atoms with Crippen LogP contribution < -0.4 is 5.32 Å². The maximum absolute atomic E-state index is 11.7. The number of halogens is 1. The van der Waals surface area contributed by atoms with Gasteiger partial charge in [0, 0.05) is 29.4 Å². The fourth-order valence-corrected chi connectivity index (χ4v) is 2.10. The number of benzene rings is 1. The molecule has 0 radical (unpaired) electrons. The van der Waals surface area contributed by atoms with Gasteiger partial charge in [-0.3, -0.25) is 10.1 Å². The summed E-state index contributed by atoms with van der Waals surface area (Å²) in [5.74, 6) is -0.486. The van der Waals surface area contributed by atoms with Crippen LogP contribution in [0.1, 0.15) is 23.0 Å². The van der Waals surface area contributed by atoms with E-state index in [0.29, 0.717) is 16.3 Å². The van der Waals surface area contributed by atoms with Crippen LogP contribution in [-0.4, -0.2) is 22.5 Å². The summed E-state index contributed by atoms with van der Waals surface area (Å²) >= 11 is 5.77. The first-order chi connectivity index (χ1) is 10.5. The van der Waals surface area contributed by atoms with E-state index < -0.39 is 10.9 Å². The van der Waals surface area contributed by atoms with Gasteiger partial charge in [-0.2, -0.15) is 0 Å². The Morgan fingerprint density at radius 2 is 2.23 bits per heavy atom. The van der Waals surface area contributed by atoms with E-state index in [4.69, 9.17) is 16.3 Å². The van der Waals surface area contributed by atoms with Gasteiger partial charge < -0.3 is 15.0 Å². The Bertz CT molecular complexity index is 699. The number of anilines is 1. The summed E-state index contributed by atoms with van der Waals surface area (Å²) in [6.07, 6.45) is 1.59. The van der Waals surface area contributed by atoms with E-state index in [1.54, 1.807) is 31.3 Å². The van der Waals surface area contributed by atoms with Gasteiger partial charge in [-0.15, -0.1) is 0 Å². The number of hydrogen-bond acceptors (Lipinski definition) is 5. The molecular weight excluding hydrogens is 310 g/mol. The van der Waals surface area contributed by atoms with Gasteiger partial charge in [0.1, 0.15) is 5.69 Å². The number of nitro benzene ring substituents is 1. The first-order valence-electron chi connectivity index (χ1n) is 6.54. The van der Waals surface area contributed by atoms with Gasteiger partial charge >= 0.3 is 5.97 Å². The summed E-state index contributed by atoms with van der Waals surface area (Å²) < 4.78 is 4.92. The first-order valence-corrected chi connectivity index (χ1v) is 6.92. The second-order valence-corrected chi connectivity index (χ2v) is 4.81. The molecule has 7 nitrogen and oxygen atoms in total. The molecule has 0 bridgehead atoms. The molecular formula is C14H14ClN3O4. The lowest BCUT2D eigenvalue weighted by molar-refractivity contribution is -0.385. The first kappa shape index (κ1) is 15.8. The average molecular weight is 324 g/mol. The van der Waals surface area contributed by atoms with Crippen molar-refractivity contribution in [2.24, 2.45) is 0 Å². The molecule has 0 aliphatic rings. The van der Waals surface area contributed by atoms with E-state index in [1.165, 1.54) is 6.07 Å². The zero-order valence-electron chi connectivity index (χ0n) is 11.8. The molecule has 116 valence electrons. The summed E-state index contributed by atoms with van der Waals surface area (Å²) in [5.41, 5.74) is 1.18. The Kier molecular flexibility index (Phi) is 5.00. The highest BCUT2D eigenvalue weighted by Crippen LogP contribution is 2.24. The van der Waals surface area contributed by atoms with Crippen molar-refractivity contribution in [3.8, 4) is 0 Å². The number of ether oxygens (including phenoxy) is 1. The van der Waals surface area contributed by atoms with E-state index in [1.807, 2.05) is 0 Å². The van der Waals surface area contributed by atoms with Crippen LogP contribution in [0, 0.1) is 10.1 Å². The highest BCUT2D eigenvalue weighted by molar-refractivity contribution is 6.30. The molecule has 0 saturated heterocycles. The standard InChI is InChI=1S/C14H14ClN3O4/c1-2-22-14(19)13-11(5-6-16-13)17-8-9-3-4-10(15)7-12(9)18(20)21/h3-7,16-17H,2,8H2,1H3. The third-order valence-corrected chi connectivity index (χ3v) is 3.17. The molecule has 8 heteroatoms. The molecule has 0 spiro atoms. The minimum Gasteiger partial charge on any atom is -0.461 e. The minimum atomic E-state index is -0.494. The summed E-state index contributed by atoms with van der Waals surface area (Å²) in [4.78, 5) is 25.1. The van der Waals surface area contributed by atoms with Crippen molar-refractivity contribution in [2.75, 3.05) is 11.9 Å². The van der Waals surface area contributed by atoms with Gasteiger partial charge in [-0.1, -0.05) is 11.6 Å². The number of esters is 1. The van der Waals surface area contributed by atoms with Gasteiger partial charge in [0.2, 0.25) is 0 Å². The third-order valence-electron chi connectivity index (χ3n) is 2.94. The van der Waals surface area contributed by atoms with Crippen molar-refractivity contribution in [1.82, 2.24) is 4.98 Å². The summed E-state index contributed by atoms with van der Waals surface area (Å²) in [7, 11) is 0. The minimum absolute atomic E-state index is 0.0757. The average Bonchev–Trinajstić information content (AvgIpc) is 2.94. The molecule has 1 aromatic carbocycles. The van der Waals surface area contributed by atoms with Crippen molar-refractivity contribution < 1.29 is 14.5 Å². The molecule has 0 saturated carbocycles. The molecule has 1 aromatic heterocycles. The molecule has 2 aromatic rings. The molecule has 0 atom stereocenters. The third kappa shape index (κ3) is 3.56. The zero-order valence-corrected chi connectivity index (χ0v) is 12.5. The quantitative estimate of drug-likeness (QED) is 0.482. The smallest absolute Gasteiger partial charge is 0.356 e. The number of nitrogens with one attached hydrogen (secondary N) is 2. The molecule has 0 unspecified atom stereocenters. The molecule has 0 aliphatic carbocycles. The molecule has 2 rings (SSSR count). The number of nitrogens with zero attached hydrogens (tertiary/aromatic N) is 1. The second-order valence-electron chi connectivity index (χ2n) is 4.37. The number of nitro groups is 1. The van der Waals surface area contributed by atoms with Crippen LogP contribution in [-0.2, 0) is 11.3 Å². The lowest BCUT2D eigenvalue weighted by Crippen LogP contribution is -2.10. The topological polar surface area (TPSA) is 97.3 Å². The van der Waals surface area contributed by atoms with Crippen molar-refractivity contribution >= 4 is 28.9 Å². The van der Waals surface area contributed by atoms with Crippen molar-refractivity contribution in [3.63, 3.8) is 0 Å². The predicted molar refractivity (Wildman–Crippen MR) is 82.2 cm³/mol. The number of aromatic nitrogens is 1. The van der Waals surface area contributed by atoms with E-state index in [-0.39, 0.29) is 24.5 Å². The normalized spacial score (nSPS) is 10.3. The van der Waals surface area contributed by atoms with Crippen molar-refractivity contribution in [1.29, 1.82) is 0 Å². The van der Waals surface area contributed by atoms with Gasteiger partial charge in [-0.05, 0) is 25.1 Å². The van der Waals surface area contributed by atoms with Gasteiger partial charge in [0.15, 0.2) is 0 Å². The van der Waals surface area contributed by atoms with Crippen LogP contribution >= 0.6 is 11.6 Å². The van der Waals surface area contributed by atoms with Crippen LogP contribution in [0.3, 0.4) is 0 Å². The molecule has 1 heterocycles. The van der Waals surface area contributed by atoms with Gasteiger partial charge in [0.05, 0.1) is 17.2 Å². The van der Waals surface area contributed by atoms with Gasteiger partial charge in [0.25, 0.3) is 5.69 Å². The van der Waals surface area contributed by atoms with E-state index in [2.05, 4.69) is 10.3 Å². The lowest BCUT2D eigenvalue weighted by atomic mass is 10.1. The fraction of sp³-hybridized carbons (Fsp3) is 0.214. The lowest BCUT2D eigenvalue weighted by Gasteiger charge is -2.08. The summed E-state index contributed by atoms with van der Waals surface area (Å²) in [6, 6.07) is 6.11. The van der Waals surface area contributed by atoms with Crippen molar-refractivity contribution in [3.05, 3.63) is 56.9 Å². The van der Waals surface area contributed by atoms with Crippen LogP contribution in [0.15, 0.2) is 30.5 Å². The number of carbonyl (C=O) groups is 1. The highest BCUT2D eigenvalue weighted by Gasteiger charge is 2.17. The van der Waals surface area contributed by atoms with Crippen LogP contribution in [0.2, 0.25) is 5.02 Å². The molecule has 0 fully saturated rings. The second kappa shape index (κ2) is 6.95. The Morgan fingerprint density at radius 3 is 2.91 bits per heavy atom. The zero-order chi connectivity index (χ0) is 16.1.